The van der Waals surface area contributed by atoms with E-state index < -0.39 is 0 Å². The lowest BCUT2D eigenvalue weighted by Crippen LogP contribution is -1.89. The second-order valence-corrected chi connectivity index (χ2v) is 7.34. The fourth-order valence-corrected chi connectivity index (χ4v) is 3.60. The molecule has 0 radical (unpaired) electrons. The van der Waals surface area contributed by atoms with Gasteiger partial charge in [-0.3, -0.25) is 0 Å². The van der Waals surface area contributed by atoms with Crippen LogP contribution in [0, 0.1) is 0 Å². The molecule has 0 saturated carbocycles. The molecule has 24 heavy (non-hydrogen) atoms. The van der Waals surface area contributed by atoms with Gasteiger partial charge in [-0.25, -0.2) is 4.98 Å². The molecule has 0 N–H and O–H groups in total. The van der Waals surface area contributed by atoms with Crippen molar-refractivity contribution in [1.29, 1.82) is 0 Å². The Hall–Kier alpha value is -2.23. The first-order valence-electron chi connectivity index (χ1n) is 7.67. The Labute approximate surface area is 153 Å². The van der Waals surface area contributed by atoms with Gasteiger partial charge in [0.25, 0.3) is 0 Å². The standard InChI is InChI=1S/C21H14BrNS/c22-18-10-8-15(9-11-18)17-13-19(16-5-2-1-3-6-16)23-20(14-17)21-7-4-12-24-21/h1-14H. The Morgan fingerprint density at radius 2 is 1.42 bits per heavy atom. The van der Waals surface area contributed by atoms with E-state index in [4.69, 9.17) is 4.98 Å². The van der Waals surface area contributed by atoms with Crippen molar-refractivity contribution >= 4 is 27.3 Å². The highest BCUT2D eigenvalue weighted by molar-refractivity contribution is 9.10. The van der Waals surface area contributed by atoms with Crippen LogP contribution in [-0.2, 0) is 0 Å². The minimum absolute atomic E-state index is 0.999. The van der Waals surface area contributed by atoms with Crippen molar-refractivity contribution in [3.8, 4) is 33.0 Å². The lowest BCUT2D eigenvalue weighted by Gasteiger charge is -2.09. The first kappa shape index (κ1) is 15.3. The van der Waals surface area contributed by atoms with Gasteiger partial charge < -0.3 is 0 Å². The summed E-state index contributed by atoms with van der Waals surface area (Å²) in [6, 6.07) is 27.3. The van der Waals surface area contributed by atoms with Gasteiger partial charge in [-0.2, -0.15) is 0 Å². The third kappa shape index (κ3) is 3.18. The number of thiophene rings is 1. The molecule has 0 bridgehead atoms. The number of pyridine rings is 1. The van der Waals surface area contributed by atoms with Crippen molar-refractivity contribution in [1.82, 2.24) is 4.98 Å². The largest absolute Gasteiger partial charge is 0.247 e. The average molecular weight is 392 g/mol. The molecule has 0 saturated heterocycles. The maximum absolute atomic E-state index is 4.89. The predicted molar refractivity (Wildman–Crippen MR) is 106 cm³/mol. The zero-order valence-corrected chi connectivity index (χ0v) is 15.2. The minimum atomic E-state index is 0.999. The summed E-state index contributed by atoms with van der Waals surface area (Å²) < 4.78 is 1.09. The van der Waals surface area contributed by atoms with Gasteiger partial charge in [-0.15, -0.1) is 11.3 Å². The van der Waals surface area contributed by atoms with Crippen LogP contribution in [0.5, 0.6) is 0 Å². The Morgan fingerprint density at radius 1 is 0.667 bits per heavy atom. The number of hydrogen-bond donors (Lipinski definition) is 0. The van der Waals surface area contributed by atoms with Gasteiger partial charge in [0.2, 0.25) is 0 Å². The lowest BCUT2D eigenvalue weighted by molar-refractivity contribution is 1.33. The van der Waals surface area contributed by atoms with Crippen molar-refractivity contribution in [3.63, 3.8) is 0 Å². The summed E-state index contributed by atoms with van der Waals surface area (Å²) in [7, 11) is 0. The highest BCUT2D eigenvalue weighted by Gasteiger charge is 2.09. The molecule has 2 heterocycles. The Morgan fingerprint density at radius 3 is 2.12 bits per heavy atom. The summed E-state index contributed by atoms with van der Waals surface area (Å²) in [5.74, 6) is 0. The van der Waals surface area contributed by atoms with Crippen LogP contribution in [-0.4, -0.2) is 4.98 Å². The molecule has 116 valence electrons. The number of rotatable bonds is 3. The molecule has 0 unspecified atom stereocenters. The van der Waals surface area contributed by atoms with Gasteiger partial charge in [0.05, 0.1) is 16.3 Å². The maximum Gasteiger partial charge on any atom is 0.0815 e. The minimum Gasteiger partial charge on any atom is -0.247 e. The van der Waals surface area contributed by atoms with E-state index in [0.29, 0.717) is 0 Å². The van der Waals surface area contributed by atoms with Crippen LogP contribution in [0.4, 0.5) is 0 Å². The fraction of sp³-hybridized carbons (Fsp3) is 0. The first-order valence-corrected chi connectivity index (χ1v) is 9.34. The molecule has 0 aliphatic carbocycles. The molecule has 0 spiro atoms. The third-order valence-corrected chi connectivity index (χ3v) is 5.27. The summed E-state index contributed by atoms with van der Waals surface area (Å²) in [6.07, 6.45) is 0. The van der Waals surface area contributed by atoms with E-state index in [1.165, 1.54) is 16.0 Å². The summed E-state index contributed by atoms with van der Waals surface area (Å²) in [5, 5.41) is 2.09. The monoisotopic (exact) mass is 391 g/mol. The van der Waals surface area contributed by atoms with Gasteiger partial charge in [0.1, 0.15) is 0 Å². The van der Waals surface area contributed by atoms with Crippen molar-refractivity contribution in [2.75, 3.05) is 0 Å². The van der Waals surface area contributed by atoms with Crippen molar-refractivity contribution in [2.45, 2.75) is 0 Å². The quantitative estimate of drug-likeness (QED) is 0.369. The predicted octanol–water partition coefficient (Wildman–Crippen LogP) is 6.91. The molecular weight excluding hydrogens is 378 g/mol. The van der Waals surface area contributed by atoms with E-state index in [1.807, 2.05) is 18.2 Å². The van der Waals surface area contributed by atoms with Crippen molar-refractivity contribution in [3.05, 3.63) is 88.7 Å². The van der Waals surface area contributed by atoms with Crippen LogP contribution in [0.1, 0.15) is 0 Å². The van der Waals surface area contributed by atoms with E-state index in [-0.39, 0.29) is 0 Å². The molecule has 0 aliphatic rings. The van der Waals surface area contributed by atoms with Gasteiger partial charge >= 0.3 is 0 Å². The lowest BCUT2D eigenvalue weighted by atomic mass is 10.0. The Bertz CT molecular complexity index is 945. The molecular formula is C21H14BrNS. The molecule has 3 heteroatoms. The molecule has 1 nitrogen and oxygen atoms in total. The molecule has 0 amide bonds. The maximum atomic E-state index is 4.89. The third-order valence-electron chi connectivity index (χ3n) is 3.85. The van der Waals surface area contributed by atoms with E-state index in [0.717, 1.165) is 21.4 Å². The SMILES string of the molecule is Brc1ccc(-c2cc(-c3ccccc3)nc(-c3cccs3)c2)cc1. The van der Waals surface area contributed by atoms with Crippen LogP contribution >= 0.6 is 27.3 Å². The number of nitrogens with zero attached hydrogens (tertiary/aromatic N) is 1. The molecule has 4 rings (SSSR count). The van der Waals surface area contributed by atoms with Crippen LogP contribution < -0.4 is 0 Å². The van der Waals surface area contributed by atoms with E-state index in [1.54, 1.807) is 11.3 Å². The highest BCUT2D eigenvalue weighted by Crippen LogP contribution is 2.32. The molecule has 2 aromatic carbocycles. The van der Waals surface area contributed by atoms with Crippen molar-refractivity contribution in [2.24, 2.45) is 0 Å². The number of aromatic nitrogens is 1. The summed E-state index contributed by atoms with van der Waals surface area (Å²) in [4.78, 5) is 6.08. The second kappa shape index (κ2) is 6.71. The fourth-order valence-electron chi connectivity index (χ4n) is 2.65. The smallest absolute Gasteiger partial charge is 0.0815 e. The number of hydrogen-bond acceptors (Lipinski definition) is 2. The van der Waals surface area contributed by atoms with Crippen LogP contribution in [0.25, 0.3) is 33.0 Å². The number of benzene rings is 2. The van der Waals surface area contributed by atoms with E-state index >= 15 is 0 Å². The van der Waals surface area contributed by atoms with Gasteiger partial charge in [0.15, 0.2) is 0 Å². The van der Waals surface area contributed by atoms with Gasteiger partial charge in [-0.05, 0) is 46.8 Å². The van der Waals surface area contributed by atoms with Crippen LogP contribution in [0.15, 0.2) is 88.7 Å². The molecule has 4 aromatic rings. The summed E-state index contributed by atoms with van der Waals surface area (Å²) >= 11 is 5.22. The first-order chi connectivity index (χ1) is 11.8. The molecule has 2 aromatic heterocycles. The zero-order valence-electron chi connectivity index (χ0n) is 12.8. The summed E-state index contributed by atoms with van der Waals surface area (Å²) in [6.45, 7) is 0. The topological polar surface area (TPSA) is 12.9 Å². The van der Waals surface area contributed by atoms with Crippen molar-refractivity contribution < 1.29 is 0 Å². The van der Waals surface area contributed by atoms with E-state index in [9.17, 15) is 0 Å². The van der Waals surface area contributed by atoms with E-state index in [2.05, 4.69) is 82.0 Å². The van der Waals surface area contributed by atoms with Crippen LogP contribution in [0.3, 0.4) is 0 Å². The number of halogens is 1. The normalized spacial score (nSPS) is 10.7. The summed E-state index contributed by atoms with van der Waals surface area (Å²) in [5.41, 5.74) is 5.52. The average Bonchev–Trinajstić information content (AvgIpc) is 3.17. The highest BCUT2D eigenvalue weighted by atomic mass is 79.9. The van der Waals surface area contributed by atoms with Gasteiger partial charge in [-0.1, -0.05) is 64.5 Å². The molecule has 0 atom stereocenters. The second-order valence-electron chi connectivity index (χ2n) is 5.48. The van der Waals surface area contributed by atoms with Crippen LogP contribution in [0.2, 0.25) is 0 Å². The Balaban J connectivity index is 1.90. The molecule has 0 aliphatic heterocycles. The molecule has 0 fully saturated rings. The zero-order chi connectivity index (χ0) is 16.4. The van der Waals surface area contributed by atoms with Gasteiger partial charge in [0, 0.05) is 10.0 Å². The Kier molecular flexibility index (Phi) is 4.28.